The molecule has 2 aromatic rings. The summed E-state index contributed by atoms with van der Waals surface area (Å²) >= 11 is 0. The van der Waals surface area contributed by atoms with Crippen molar-refractivity contribution < 1.29 is 4.74 Å². The van der Waals surface area contributed by atoms with E-state index in [2.05, 4.69) is 22.1 Å². The molecule has 0 saturated carbocycles. The van der Waals surface area contributed by atoms with Gasteiger partial charge in [0.1, 0.15) is 17.9 Å². The van der Waals surface area contributed by atoms with E-state index < -0.39 is 0 Å². The summed E-state index contributed by atoms with van der Waals surface area (Å²) < 4.78 is 5.92. The van der Waals surface area contributed by atoms with Gasteiger partial charge in [0.05, 0.1) is 5.56 Å². The molecular weight excluding hydrogens is 250 g/mol. The third kappa shape index (κ3) is 2.46. The molecule has 0 saturated heterocycles. The Hall–Kier alpha value is -2.10. The molecule has 1 aliphatic carbocycles. The summed E-state index contributed by atoms with van der Waals surface area (Å²) in [7, 11) is 0. The molecule has 0 fully saturated rings. The second-order valence-electron chi connectivity index (χ2n) is 5.14. The summed E-state index contributed by atoms with van der Waals surface area (Å²) in [4.78, 5) is 8.21. The van der Waals surface area contributed by atoms with Crippen molar-refractivity contribution in [2.24, 2.45) is 0 Å². The summed E-state index contributed by atoms with van der Waals surface area (Å²) in [6, 6.07) is 6.31. The van der Waals surface area contributed by atoms with Crippen molar-refractivity contribution >= 4 is 5.82 Å². The number of nitrogens with two attached hydrogens (primary N) is 1. The molecule has 3 rings (SSSR count). The zero-order chi connectivity index (χ0) is 13.9. The molecular formula is C16H19N3O. The number of fused-ring (bicyclic) bond motifs is 1. The Morgan fingerprint density at radius 3 is 2.75 bits per heavy atom. The Morgan fingerprint density at radius 2 is 1.95 bits per heavy atom. The van der Waals surface area contributed by atoms with E-state index in [9.17, 15) is 0 Å². The van der Waals surface area contributed by atoms with Crippen LogP contribution in [0.25, 0.3) is 0 Å². The Balaban J connectivity index is 1.90. The number of nitrogen functional groups attached to an aromatic ring is 1. The van der Waals surface area contributed by atoms with Crippen molar-refractivity contribution in [3.05, 3.63) is 41.2 Å². The zero-order valence-corrected chi connectivity index (χ0v) is 11.7. The van der Waals surface area contributed by atoms with Crippen LogP contribution in [0.3, 0.4) is 0 Å². The van der Waals surface area contributed by atoms with Gasteiger partial charge in [0.15, 0.2) is 0 Å². The predicted molar refractivity (Wildman–Crippen MR) is 79.0 cm³/mol. The molecule has 0 unspecified atom stereocenters. The molecule has 0 spiro atoms. The largest absolute Gasteiger partial charge is 0.439 e. The lowest BCUT2D eigenvalue weighted by Gasteiger charge is -2.17. The summed E-state index contributed by atoms with van der Waals surface area (Å²) in [6.45, 7) is 2.02. The molecule has 20 heavy (non-hydrogen) atoms. The molecule has 0 radical (unpaired) electrons. The number of aromatic nitrogens is 2. The van der Waals surface area contributed by atoms with Crippen LogP contribution < -0.4 is 10.5 Å². The van der Waals surface area contributed by atoms with Gasteiger partial charge < -0.3 is 10.5 Å². The van der Waals surface area contributed by atoms with Crippen molar-refractivity contribution in [1.82, 2.24) is 9.97 Å². The summed E-state index contributed by atoms with van der Waals surface area (Å²) in [5.74, 6) is 1.89. The Labute approximate surface area is 119 Å². The topological polar surface area (TPSA) is 61.0 Å². The number of ether oxygens (including phenoxy) is 1. The second-order valence-corrected chi connectivity index (χ2v) is 5.14. The number of anilines is 1. The number of hydrogen-bond donors (Lipinski definition) is 1. The first-order chi connectivity index (χ1) is 9.78. The highest BCUT2D eigenvalue weighted by Gasteiger charge is 2.13. The van der Waals surface area contributed by atoms with Crippen molar-refractivity contribution in [2.75, 3.05) is 5.73 Å². The van der Waals surface area contributed by atoms with E-state index in [1.807, 2.05) is 13.0 Å². The average Bonchev–Trinajstić information content (AvgIpc) is 2.47. The van der Waals surface area contributed by atoms with Crippen LogP contribution in [0.2, 0.25) is 0 Å². The fourth-order valence-corrected chi connectivity index (χ4v) is 2.71. The zero-order valence-electron chi connectivity index (χ0n) is 11.7. The monoisotopic (exact) mass is 269 g/mol. The number of rotatable bonds is 3. The maximum atomic E-state index is 5.92. The third-order valence-corrected chi connectivity index (χ3v) is 3.83. The Kier molecular flexibility index (Phi) is 3.54. The minimum absolute atomic E-state index is 0.496. The van der Waals surface area contributed by atoms with E-state index in [0.717, 1.165) is 24.2 Å². The first kappa shape index (κ1) is 12.9. The smallest absolute Gasteiger partial charge is 0.227 e. The van der Waals surface area contributed by atoms with E-state index >= 15 is 0 Å². The van der Waals surface area contributed by atoms with Gasteiger partial charge in [-0.2, -0.15) is 0 Å². The molecule has 1 aromatic heterocycles. The molecule has 1 heterocycles. The first-order valence-corrected chi connectivity index (χ1v) is 7.17. The first-order valence-electron chi connectivity index (χ1n) is 7.17. The van der Waals surface area contributed by atoms with Gasteiger partial charge in [0, 0.05) is 0 Å². The summed E-state index contributed by atoms with van der Waals surface area (Å²) in [5, 5.41) is 0. The lowest BCUT2D eigenvalue weighted by molar-refractivity contribution is 0.454. The molecule has 0 aliphatic heterocycles. The third-order valence-electron chi connectivity index (χ3n) is 3.83. The number of nitrogens with zero attached hydrogens (tertiary/aromatic N) is 2. The van der Waals surface area contributed by atoms with Crippen molar-refractivity contribution in [3.63, 3.8) is 0 Å². The van der Waals surface area contributed by atoms with Gasteiger partial charge in [-0.15, -0.1) is 0 Å². The molecule has 0 atom stereocenters. The van der Waals surface area contributed by atoms with Crippen LogP contribution in [0.5, 0.6) is 11.6 Å². The number of benzene rings is 1. The van der Waals surface area contributed by atoms with E-state index in [-0.39, 0.29) is 0 Å². The molecule has 0 amide bonds. The minimum Gasteiger partial charge on any atom is -0.439 e. The maximum absolute atomic E-state index is 5.92. The van der Waals surface area contributed by atoms with E-state index in [1.54, 1.807) is 0 Å². The average molecular weight is 269 g/mol. The van der Waals surface area contributed by atoms with Crippen LogP contribution in [0, 0.1) is 0 Å². The predicted octanol–water partition coefficient (Wildman–Crippen LogP) is 3.29. The normalized spacial score (nSPS) is 13.8. The van der Waals surface area contributed by atoms with Crippen molar-refractivity contribution in [3.8, 4) is 11.6 Å². The fraction of sp³-hybridized carbons (Fsp3) is 0.375. The van der Waals surface area contributed by atoms with Crippen molar-refractivity contribution in [2.45, 2.75) is 39.0 Å². The highest BCUT2D eigenvalue weighted by molar-refractivity contribution is 5.47. The fourth-order valence-electron chi connectivity index (χ4n) is 2.71. The van der Waals surface area contributed by atoms with Crippen LogP contribution in [-0.2, 0) is 19.3 Å². The van der Waals surface area contributed by atoms with Gasteiger partial charge in [0.2, 0.25) is 5.88 Å². The maximum Gasteiger partial charge on any atom is 0.227 e. The highest BCUT2D eigenvalue weighted by atomic mass is 16.5. The SMILES string of the molecule is CCc1c(N)ncnc1Oc1ccc2c(c1)CCCC2. The van der Waals surface area contributed by atoms with Gasteiger partial charge in [-0.3, -0.25) is 0 Å². The van der Waals surface area contributed by atoms with Crippen LogP contribution in [0.1, 0.15) is 36.5 Å². The summed E-state index contributed by atoms with van der Waals surface area (Å²) in [5.41, 5.74) is 9.57. The minimum atomic E-state index is 0.496. The molecule has 0 bridgehead atoms. The molecule has 1 aliphatic rings. The van der Waals surface area contributed by atoms with Gasteiger partial charge in [0.25, 0.3) is 0 Å². The van der Waals surface area contributed by atoms with Gasteiger partial charge in [-0.05, 0) is 55.4 Å². The molecule has 4 heteroatoms. The van der Waals surface area contributed by atoms with E-state index in [1.165, 1.54) is 36.7 Å². The Bertz CT molecular complexity index is 625. The second kappa shape index (κ2) is 5.49. The van der Waals surface area contributed by atoms with Crippen LogP contribution >= 0.6 is 0 Å². The molecule has 2 N–H and O–H groups in total. The van der Waals surface area contributed by atoms with Crippen LogP contribution in [0.15, 0.2) is 24.5 Å². The van der Waals surface area contributed by atoms with E-state index in [0.29, 0.717) is 11.7 Å². The van der Waals surface area contributed by atoms with Gasteiger partial charge in [-0.1, -0.05) is 13.0 Å². The molecule has 1 aromatic carbocycles. The van der Waals surface area contributed by atoms with Crippen molar-refractivity contribution in [1.29, 1.82) is 0 Å². The lowest BCUT2D eigenvalue weighted by atomic mass is 9.92. The summed E-state index contributed by atoms with van der Waals surface area (Å²) in [6.07, 6.45) is 7.07. The highest BCUT2D eigenvalue weighted by Crippen LogP contribution is 2.30. The Morgan fingerprint density at radius 1 is 1.15 bits per heavy atom. The van der Waals surface area contributed by atoms with Gasteiger partial charge in [-0.25, -0.2) is 9.97 Å². The quantitative estimate of drug-likeness (QED) is 0.928. The molecule has 4 nitrogen and oxygen atoms in total. The number of aryl methyl sites for hydroxylation is 2. The lowest BCUT2D eigenvalue weighted by Crippen LogP contribution is -2.04. The van der Waals surface area contributed by atoms with Gasteiger partial charge >= 0.3 is 0 Å². The molecule has 104 valence electrons. The van der Waals surface area contributed by atoms with Crippen LogP contribution in [-0.4, -0.2) is 9.97 Å². The standard InChI is InChI=1S/C16H19N3O/c1-2-14-15(17)18-10-19-16(14)20-13-8-7-11-5-3-4-6-12(11)9-13/h7-10H,2-6H2,1H3,(H2,17,18,19). The van der Waals surface area contributed by atoms with E-state index in [4.69, 9.17) is 10.5 Å². The van der Waals surface area contributed by atoms with Crippen LogP contribution in [0.4, 0.5) is 5.82 Å². The number of hydrogen-bond acceptors (Lipinski definition) is 4.